The predicted octanol–water partition coefficient (Wildman–Crippen LogP) is 5.84. The molecule has 5 rings (SSSR count). The van der Waals surface area contributed by atoms with Crippen molar-refractivity contribution in [3.63, 3.8) is 0 Å². The van der Waals surface area contributed by atoms with Crippen molar-refractivity contribution in [1.29, 1.82) is 0 Å². The lowest BCUT2D eigenvalue weighted by molar-refractivity contribution is 0.102. The summed E-state index contributed by atoms with van der Waals surface area (Å²) in [4.78, 5) is 18.7. The highest BCUT2D eigenvalue weighted by atomic mass is 32.1. The summed E-state index contributed by atoms with van der Waals surface area (Å²) in [7, 11) is 1.67. The van der Waals surface area contributed by atoms with Crippen molar-refractivity contribution >= 4 is 22.4 Å². The Hall–Kier alpha value is -3.44. The molecule has 1 heterocycles. The molecule has 5 heteroatoms. The van der Waals surface area contributed by atoms with Gasteiger partial charge in [0, 0.05) is 16.0 Å². The molecule has 30 heavy (non-hydrogen) atoms. The number of ether oxygens (including phenoxy) is 1. The Bertz CT molecular complexity index is 1210. The van der Waals surface area contributed by atoms with Crippen LogP contribution >= 0.6 is 11.3 Å². The van der Waals surface area contributed by atoms with Gasteiger partial charge in [0.25, 0.3) is 5.91 Å². The van der Waals surface area contributed by atoms with Gasteiger partial charge in [-0.25, -0.2) is 4.98 Å². The number of rotatable bonds is 4. The second-order valence-corrected chi connectivity index (χ2v) is 8.30. The molecule has 0 unspecified atom stereocenters. The molecule has 1 N–H and O–H groups in total. The number of nitrogens with zero attached hydrogens (tertiary/aromatic N) is 1. The van der Waals surface area contributed by atoms with Crippen molar-refractivity contribution in [1.82, 2.24) is 4.98 Å². The van der Waals surface area contributed by atoms with E-state index in [0.717, 1.165) is 41.0 Å². The van der Waals surface area contributed by atoms with E-state index in [9.17, 15) is 4.79 Å². The number of thiazole rings is 1. The largest absolute Gasteiger partial charge is 0.497 e. The van der Waals surface area contributed by atoms with Crippen LogP contribution in [0.15, 0.2) is 72.8 Å². The van der Waals surface area contributed by atoms with Crippen LogP contribution in [0.5, 0.6) is 5.75 Å². The smallest absolute Gasteiger partial charge is 0.257 e. The standard InChI is InChI=1S/C25H20N2O2S/c1-29-20-13-11-18-12-14-22-23(21(18)15-20)26-25(30-22)27-24(28)19-9-7-17(8-10-19)16-5-3-2-4-6-16/h2-11,13,15H,12,14H2,1H3,(H,26,27,28). The molecule has 0 fully saturated rings. The van der Waals surface area contributed by atoms with Gasteiger partial charge in [-0.15, -0.1) is 11.3 Å². The van der Waals surface area contributed by atoms with Gasteiger partial charge in [0.1, 0.15) is 5.75 Å². The molecule has 0 spiro atoms. The molecular weight excluding hydrogens is 392 g/mol. The van der Waals surface area contributed by atoms with Crippen molar-refractivity contribution in [2.75, 3.05) is 12.4 Å². The number of hydrogen-bond donors (Lipinski definition) is 1. The fourth-order valence-electron chi connectivity index (χ4n) is 3.77. The summed E-state index contributed by atoms with van der Waals surface area (Å²) in [6, 6.07) is 23.9. The third kappa shape index (κ3) is 3.48. The maximum absolute atomic E-state index is 12.8. The Balaban J connectivity index is 1.37. The molecule has 0 saturated heterocycles. The van der Waals surface area contributed by atoms with Crippen LogP contribution in [0.25, 0.3) is 22.4 Å². The molecule has 1 aliphatic carbocycles. The Labute approximate surface area is 179 Å². The fourth-order valence-corrected chi connectivity index (χ4v) is 4.74. The number of anilines is 1. The van der Waals surface area contributed by atoms with E-state index in [0.29, 0.717) is 10.7 Å². The first-order valence-electron chi connectivity index (χ1n) is 9.85. The second-order valence-electron chi connectivity index (χ2n) is 7.21. The van der Waals surface area contributed by atoms with Crippen LogP contribution in [0.1, 0.15) is 20.8 Å². The van der Waals surface area contributed by atoms with Gasteiger partial charge in [-0.1, -0.05) is 48.5 Å². The number of methoxy groups -OCH3 is 1. The summed E-state index contributed by atoms with van der Waals surface area (Å²) in [5.41, 5.74) is 6.15. The third-order valence-corrected chi connectivity index (χ3v) is 6.40. The quantitative estimate of drug-likeness (QED) is 0.458. The van der Waals surface area contributed by atoms with Gasteiger partial charge in [0.05, 0.1) is 12.8 Å². The Morgan fingerprint density at radius 2 is 1.73 bits per heavy atom. The molecule has 0 atom stereocenters. The summed E-state index contributed by atoms with van der Waals surface area (Å²) < 4.78 is 5.37. The molecule has 1 aromatic heterocycles. The van der Waals surface area contributed by atoms with E-state index < -0.39 is 0 Å². The van der Waals surface area contributed by atoms with Gasteiger partial charge in [-0.05, 0) is 53.8 Å². The highest BCUT2D eigenvalue weighted by Crippen LogP contribution is 2.39. The van der Waals surface area contributed by atoms with Gasteiger partial charge in [0.2, 0.25) is 0 Å². The summed E-state index contributed by atoms with van der Waals surface area (Å²) in [6.07, 6.45) is 1.91. The van der Waals surface area contributed by atoms with Gasteiger partial charge in [-0.2, -0.15) is 0 Å². The van der Waals surface area contributed by atoms with Crippen molar-refractivity contribution in [2.45, 2.75) is 12.8 Å². The summed E-state index contributed by atoms with van der Waals surface area (Å²) in [5.74, 6) is 0.672. The lowest BCUT2D eigenvalue weighted by Crippen LogP contribution is -2.11. The topological polar surface area (TPSA) is 51.2 Å². The van der Waals surface area contributed by atoms with Crippen molar-refractivity contribution < 1.29 is 9.53 Å². The van der Waals surface area contributed by atoms with Crippen molar-refractivity contribution in [3.05, 3.63) is 88.8 Å². The number of fused-ring (bicyclic) bond motifs is 3. The molecule has 3 aromatic carbocycles. The van der Waals surface area contributed by atoms with Crippen LogP contribution in [0.4, 0.5) is 5.13 Å². The normalized spacial score (nSPS) is 12.0. The number of benzene rings is 3. The summed E-state index contributed by atoms with van der Waals surface area (Å²) in [5, 5.41) is 3.60. The lowest BCUT2D eigenvalue weighted by atomic mass is 9.93. The average Bonchev–Trinajstić information content (AvgIpc) is 3.22. The first kappa shape index (κ1) is 18.6. The molecule has 4 nitrogen and oxygen atoms in total. The number of aromatic nitrogens is 1. The minimum atomic E-state index is -0.147. The summed E-state index contributed by atoms with van der Waals surface area (Å²) in [6.45, 7) is 0. The van der Waals surface area contributed by atoms with Crippen LogP contribution in [0.3, 0.4) is 0 Å². The molecule has 4 aromatic rings. The van der Waals surface area contributed by atoms with E-state index in [1.54, 1.807) is 18.4 Å². The van der Waals surface area contributed by atoms with Crippen LogP contribution in [-0.2, 0) is 12.8 Å². The van der Waals surface area contributed by atoms with E-state index in [1.165, 1.54) is 10.4 Å². The molecule has 1 aliphatic rings. The molecule has 0 bridgehead atoms. The Morgan fingerprint density at radius 3 is 2.50 bits per heavy atom. The fraction of sp³-hybridized carbons (Fsp3) is 0.120. The third-order valence-electron chi connectivity index (χ3n) is 5.37. The molecule has 0 radical (unpaired) electrons. The van der Waals surface area contributed by atoms with Crippen molar-refractivity contribution in [3.8, 4) is 28.1 Å². The van der Waals surface area contributed by atoms with E-state index >= 15 is 0 Å². The molecule has 1 amide bonds. The molecule has 148 valence electrons. The number of aryl methyl sites for hydroxylation is 2. The first-order chi connectivity index (χ1) is 14.7. The number of hydrogen-bond acceptors (Lipinski definition) is 4. The highest BCUT2D eigenvalue weighted by Gasteiger charge is 2.22. The van der Waals surface area contributed by atoms with E-state index in [1.807, 2.05) is 54.6 Å². The SMILES string of the molecule is COc1ccc2c(c1)-c1nc(NC(=O)c3ccc(-c4ccccc4)cc3)sc1CC2. The molecule has 0 aliphatic heterocycles. The van der Waals surface area contributed by atoms with Crippen LogP contribution < -0.4 is 10.1 Å². The van der Waals surface area contributed by atoms with Crippen LogP contribution in [0, 0.1) is 0 Å². The Kier molecular flexibility index (Phi) is 4.81. The van der Waals surface area contributed by atoms with Gasteiger partial charge >= 0.3 is 0 Å². The summed E-state index contributed by atoms with van der Waals surface area (Å²) >= 11 is 1.55. The van der Waals surface area contributed by atoms with E-state index in [2.05, 4.69) is 23.5 Å². The zero-order valence-electron chi connectivity index (χ0n) is 16.5. The monoisotopic (exact) mass is 412 g/mol. The first-order valence-corrected chi connectivity index (χ1v) is 10.7. The highest BCUT2D eigenvalue weighted by molar-refractivity contribution is 7.16. The van der Waals surface area contributed by atoms with Gasteiger partial charge < -0.3 is 4.74 Å². The minimum absolute atomic E-state index is 0.147. The van der Waals surface area contributed by atoms with E-state index in [4.69, 9.17) is 9.72 Å². The number of nitrogens with one attached hydrogen (secondary N) is 1. The molecular formula is C25H20N2O2S. The predicted molar refractivity (Wildman–Crippen MR) is 121 cm³/mol. The van der Waals surface area contributed by atoms with Gasteiger partial charge in [-0.3, -0.25) is 10.1 Å². The zero-order valence-corrected chi connectivity index (χ0v) is 17.3. The maximum Gasteiger partial charge on any atom is 0.257 e. The number of carbonyl (C=O) groups excluding carboxylic acids is 1. The lowest BCUT2D eigenvalue weighted by Gasteiger charge is -2.15. The molecule has 0 saturated carbocycles. The minimum Gasteiger partial charge on any atom is -0.497 e. The number of carbonyl (C=O) groups is 1. The Morgan fingerprint density at radius 1 is 0.967 bits per heavy atom. The van der Waals surface area contributed by atoms with Gasteiger partial charge in [0.15, 0.2) is 5.13 Å². The van der Waals surface area contributed by atoms with Crippen molar-refractivity contribution in [2.24, 2.45) is 0 Å². The van der Waals surface area contributed by atoms with Crippen LogP contribution in [0.2, 0.25) is 0 Å². The van der Waals surface area contributed by atoms with E-state index in [-0.39, 0.29) is 5.91 Å². The maximum atomic E-state index is 12.8. The average molecular weight is 413 g/mol. The second kappa shape index (κ2) is 7.76. The number of amides is 1. The zero-order chi connectivity index (χ0) is 20.5. The van der Waals surface area contributed by atoms with Crippen LogP contribution in [-0.4, -0.2) is 18.0 Å².